The summed E-state index contributed by atoms with van der Waals surface area (Å²) >= 11 is 0. The predicted molar refractivity (Wildman–Crippen MR) is 105 cm³/mol. The van der Waals surface area contributed by atoms with E-state index in [0.717, 1.165) is 12.1 Å². The van der Waals surface area contributed by atoms with Gasteiger partial charge in [-0.3, -0.25) is 4.79 Å². The minimum absolute atomic E-state index is 0. The molecule has 3 aromatic rings. The van der Waals surface area contributed by atoms with Gasteiger partial charge in [0.2, 0.25) is 0 Å². The number of aromatic nitrogens is 2. The van der Waals surface area contributed by atoms with E-state index in [1.165, 1.54) is 6.07 Å². The van der Waals surface area contributed by atoms with E-state index < -0.39 is 17.6 Å². The largest absolute Gasteiger partial charge is 0.416 e. The van der Waals surface area contributed by atoms with Crippen LogP contribution in [-0.4, -0.2) is 16.0 Å². The van der Waals surface area contributed by atoms with E-state index in [9.17, 15) is 18.0 Å². The molecule has 6 nitrogen and oxygen atoms in total. The van der Waals surface area contributed by atoms with Gasteiger partial charge in [-0.2, -0.15) is 13.2 Å². The maximum atomic E-state index is 13.1. The summed E-state index contributed by atoms with van der Waals surface area (Å²) in [6, 6.07) is 4.80. The van der Waals surface area contributed by atoms with Crippen LogP contribution in [0, 0.1) is 6.92 Å². The van der Waals surface area contributed by atoms with Crippen molar-refractivity contribution in [3.05, 3.63) is 52.3 Å². The fraction of sp³-hybridized carbons (Fsp3) is 0.316. The number of nitrogens with one attached hydrogen (secondary N) is 1. The number of fused-ring (bicyclic) bond motifs is 1. The van der Waals surface area contributed by atoms with Gasteiger partial charge < -0.3 is 15.6 Å². The van der Waals surface area contributed by atoms with E-state index in [4.69, 9.17) is 10.3 Å². The molecular weight excluding hydrogens is 409 g/mol. The van der Waals surface area contributed by atoms with Gasteiger partial charge in [-0.05, 0) is 42.7 Å². The van der Waals surface area contributed by atoms with Gasteiger partial charge in [0.25, 0.3) is 11.6 Å². The van der Waals surface area contributed by atoms with Crippen LogP contribution in [0.5, 0.6) is 0 Å². The van der Waals surface area contributed by atoms with Crippen molar-refractivity contribution in [2.75, 3.05) is 5.32 Å². The average Bonchev–Trinajstić information content (AvgIpc) is 3.03. The highest BCUT2D eigenvalue weighted by atomic mass is 35.5. The Kier molecular flexibility index (Phi) is 6.54. The van der Waals surface area contributed by atoms with E-state index in [1.807, 2.05) is 13.8 Å². The molecule has 1 aromatic carbocycles. The number of carbonyl (C=O) groups is 1. The molecule has 2 heterocycles. The second-order valence-electron chi connectivity index (χ2n) is 6.79. The molecule has 0 fully saturated rings. The third-order valence-corrected chi connectivity index (χ3v) is 4.21. The molecule has 2 aromatic heterocycles. The topological polar surface area (TPSA) is 94.0 Å². The number of rotatable bonds is 4. The summed E-state index contributed by atoms with van der Waals surface area (Å²) in [7, 11) is 0. The van der Waals surface area contributed by atoms with Crippen molar-refractivity contribution in [2.45, 2.75) is 39.4 Å². The van der Waals surface area contributed by atoms with Gasteiger partial charge in [0.05, 0.1) is 22.2 Å². The maximum Gasteiger partial charge on any atom is 0.416 e. The van der Waals surface area contributed by atoms with Crippen molar-refractivity contribution >= 4 is 35.1 Å². The molecule has 0 spiro atoms. The van der Waals surface area contributed by atoms with Crippen LogP contribution in [0.15, 0.2) is 28.8 Å². The van der Waals surface area contributed by atoms with E-state index >= 15 is 0 Å². The molecule has 0 unspecified atom stereocenters. The van der Waals surface area contributed by atoms with Crippen molar-refractivity contribution in [1.29, 1.82) is 0 Å². The molecule has 0 radical (unpaired) electrons. The molecule has 0 atom stereocenters. The lowest BCUT2D eigenvalue weighted by Crippen LogP contribution is -2.15. The molecule has 0 aliphatic rings. The first-order chi connectivity index (χ1) is 13.1. The first-order valence-corrected chi connectivity index (χ1v) is 8.59. The van der Waals surface area contributed by atoms with Crippen molar-refractivity contribution in [3.8, 4) is 0 Å². The van der Waals surface area contributed by atoms with E-state index in [2.05, 4.69) is 15.5 Å². The summed E-state index contributed by atoms with van der Waals surface area (Å²) in [4.78, 5) is 17.1. The smallest absolute Gasteiger partial charge is 0.335 e. The molecule has 0 bridgehead atoms. The number of benzene rings is 1. The zero-order valence-electron chi connectivity index (χ0n) is 15.9. The number of pyridine rings is 1. The molecular formula is C19H20ClF3N4O2. The van der Waals surface area contributed by atoms with Crippen molar-refractivity contribution in [2.24, 2.45) is 5.73 Å². The van der Waals surface area contributed by atoms with E-state index in [1.54, 1.807) is 13.0 Å². The van der Waals surface area contributed by atoms with Crippen LogP contribution in [0.2, 0.25) is 0 Å². The summed E-state index contributed by atoms with van der Waals surface area (Å²) in [5.41, 5.74) is 6.40. The standard InChI is InChI=1S/C19H19F3N4O2.ClH/c1-9(2)16-15-14(4-10(3)24-18(15)28-26-16)17(27)25-13-6-11(8-23)5-12(7-13)19(20,21)22;/h4-7,9H,8,23H2,1-3H3,(H,25,27);1H. The summed E-state index contributed by atoms with van der Waals surface area (Å²) in [5, 5.41) is 6.95. The quantitative estimate of drug-likeness (QED) is 0.622. The third-order valence-electron chi connectivity index (χ3n) is 4.21. The summed E-state index contributed by atoms with van der Waals surface area (Å²) in [6.45, 7) is 5.37. The first-order valence-electron chi connectivity index (χ1n) is 8.59. The van der Waals surface area contributed by atoms with E-state index in [-0.39, 0.29) is 47.4 Å². The number of alkyl halides is 3. The van der Waals surface area contributed by atoms with Crippen LogP contribution < -0.4 is 11.1 Å². The average molecular weight is 429 g/mol. The molecule has 0 aliphatic heterocycles. The molecule has 3 rings (SSSR count). The number of hydrogen-bond acceptors (Lipinski definition) is 5. The van der Waals surface area contributed by atoms with Crippen LogP contribution in [0.4, 0.5) is 18.9 Å². The lowest BCUT2D eigenvalue weighted by molar-refractivity contribution is -0.137. The SMILES string of the molecule is Cc1cc(C(=O)Nc2cc(CN)cc(C(F)(F)F)c2)c2c(C(C)C)noc2n1.Cl. The molecule has 3 N–H and O–H groups in total. The Bertz CT molecular complexity index is 1050. The highest BCUT2D eigenvalue weighted by molar-refractivity contribution is 6.12. The Balaban J connectivity index is 0.00000300. The second-order valence-corrected chi connectivity index (χ2v) is 6.79. The van der Waals surface area contributed by atoms with Gasteiger partial charge in [-0.1, -0.05) is 19.0 Å². The van der Waals surface area contributed by atoms with Crippen LogP contribution in [0.3, 0.4) is 0 Å². The predicted octanol–water partition coefficient (Wildman–Crippen LogP) is 4.81. The van der Waals surface area contributed by atoms with Gasteiger partial charge in [0.15, 0.2) is 0 Å². The fourth-order valence-electron chi connectivity index (χ4n) is 2.91. The van der Waals surface area contributed by atoms with Crippen LogP contribution in [0.25, 0.3) is 11.1 Å². The minimum atomic E-state index is -4.55. The molecule has 1 amide bonds. The highest BCUT2D eigenvalue weighted by Crippen LogP contribution is 2.33. The number of amides is 1. The lowest BCUT2D eigenvalue weighted by atomic mass is 10.0. The first kappa shape index (κ1) is 22.6. The number of nitrogens with zero attached hydrogens (tertiary/aromatic N) is 2. The Morgan fingerprint density at radius 1 is 1.24 bits per heavy atom. The number of nitrogens with two attached hydrogens (primary N) is 1. The van der Waals surface area contributed by atoms with Crippen molar-refractivity contribution in [1.82, 2.24) is 10.1 Å². The molecule has 29 heavy (non-hydrogen) atoms. The molecule has 156 valence electrons. The second kappa shape index (κ2) is 8.38. The molecule has 0 aliphatic carbocycles. The van der Waals surface area contributed by atoms with Crippen molar-refractivity contribution in [3.63, 3.8) is 0 Å². The van der Waals surface area contributed by atoms with Gasteiger partial charge in [-0.15, -0.1) is 12.4 Å². The minimum Gasteiger partial charge on any atom is -0.335 e. The molecule has 0 saturated heterocycles. The summed E-state index contributed by atoms with van der Waals surface area (Å²) < 4.78 is 44.6. The van der Waals surface area contributed by atoms with Gasteiger partial charge in [0, 0.05) is 17.9 Å². The monoisotopic (exact) mass is 428 g/mol. The van der Waals surface area contributed by atoms with Gasteiger partial charge in [-0.25, -0.2) is 4.98 Å². The number of carbonyl (C=O) groups excluding carboxylic acids is 1. The Labute approximate surface area is 171 Å². The maximum absolute atomic E-state index is 13.1. The highest BCUT2D eigenvalue weighted by Gasteiger charge is 2.31. The number of anilines is 1. The summed E-state index contributed by atoms with van der Waals surface area (Å²) in [5.74, 6) is -0.613. The normalized spacial score (nSPS) is 11.6. The Morgan fingerprint density at radius 3 is 2.52 bits per heavy atom. The molecule has 0 saturated carbocycles. The number of halogens is 4. The zero-order chi connectivity index (χ0) is 20.6. The Hall–Kier alpha value is -2.65. The van der Waals surface area contributed by atoms with Crippen LogP contribution >= 0.6 is 12.4 Å². The Morgan fingerprint density at radius 2 is 1.93 bits per heavy atom. The van der Waals surface area contributed by atoms with Gasteiger partial charge >= 0.3 is 6.18 Å². The number of hydrogen-bond donors (Lipinski definition) is 2. The molecule has 10 heteroatoms. The third kappa shape index (κ3) is 4.68. The van der Waals surface area contributed by atoms with E-state index in [0.29, 0.717) is 16.8 Å². The lowest BCUT2D eigenvalue weighted by Gasteiger charge is -2.13. The van der Waals surface area contributed by atoms with Crippen LogP contribution in [-0.2, 0) is 12.7 Å². The van der Waals surface area contributed by atoms with Crippen molar-refractivity contribution < 1.29 is 22.5 Å². The van der Waals surface area contributed by atoms with Crippen LogP contribution in [0.1, 0.15) is 52.6 Å². The number of aryl methyl sites for hydroxylation is 1. The zero-order valence-corrected chi connectivity index (χ0v) is 16.7. The van der Waals surface area contributed by atoms with Gasteiger partial charge in [0.1, 0.15) is 0 Å². The summed E-state index contributed by atoms with van der Waals surface area (Å²) in [6.07, 6.45) is -4.55. The fourth-order valence-corrected chi connectivity index (χ4v) is 2.91.